The normalized spacial score (nSPS) is 24.6. The van der Waals surface area contributed by atoms with Gasteiger partial charge < -0.3 is 5.11 Å². The number of Topliss-reactive ketones (excluding diaryl/α,β-unsaturated/α-hetero) is 1. The highest BCUT2D eigenvalue weighted by atomic mass is 19.1. The maximum atomic E-state index is 13.4. The molecule has 17 heavy (non-hydrogen) atoms. The van der Waals surface area contributed by atoms with Gasteiger partial charge in [-0.2, -0.15) is 0 Å². The van der Waals surface area contributed by atoms with E-state index in [0.29, 0.717) is 25.7 Å². The minimum Gasteiger partial charge on any atom is -0.393 e. The minimum atomic E-state index is -0.678. The molecule has 0 aromatic heterocycles. The smallest absolute Gasteiger partial charge is 0.168 e. The van der Waals surface area contributed by atoms with E-state index in [1.807, 2.05) is 0 Å². The molecule has 1 aromatic carbocycles. The lowest BCUT2D eigenvalue weighted by Crippen LogP contribution is -2.25. The average molecular weight is 240 g/mol. The third-order valence-electron chi connectivity index (χ3n) is 3.26. The lowest BCUT2D eigenvalue weighted by Gasteiger charge is -2.24. The zero-order chi connectivity index (χ0) is 12.4. The lowest BCUT2D eigenvalue weighted by molar-refractivity contribution is 0.0760. The van der Waals surface area contributed by atoms with Crippen molar-refractivity contribution in [3.8, 4) is 0 Å². The number of halogens is 2. The first-order valence-electron chi connectivity index (χ1n) is 5.75. The highest BCUT2D eigenvalue weighted by Crippen LogP contribution is 2.28. The quantitative estimate of drug-likeness (QED) is 0.807. The van der Waals surface area contributed by atoms with Crippen LogP contribution in [-0.4, -0.2) is 17.0 Å². The number of benzene rings is 1. The molecule has 1 aliphatic carbocycles. The molecule has 1 aliphatic rings. The summed E-state index contributed by atoms with van der Waals surface area (Å²) < 4.78 is 26.4. The van der Waals surface area contributed by atoms with Gasteiger partial charge in [0.15, 0.2) is 5.78 Å². The fourth-order valence-corrected chi connectivity index (χ4v) is 2.24. The summed E-state index contributed by atoms with van der Waals surface area (Å²) in [5, 5.41) is 9.33. The first-order chi connectivity index (χ1) is 8.08. The van der Waals surface area contributed by atoms with Gasteiger partial charge in [-0.1, -0.05) is 0 Å². The molecule has 0 radical (unpaired) electrons. The van der Waals surface area contributed by atoms with Gasteiger partial charge in [0.2, 0.25) is 0 Å². The fraction of sp³-hybridized carbons (Fsp3) is 0.462. The maximum Gasteiger partial charge on any atom is 0.168 e. The molecule has 1 aromatic rings. The van der Waals surface area contributed by atoms with Crippen molar-refractivity contribution in [1.29, 1.82) is 0 Å². The fourth-order valence-electron chi connectivity index (χ4n) is 2.24. The Kier molecular flexibility index (Phi) is 3.52. The monoisotopic (exact) mass is 240 g/mol. The van der Waals surface area contributed by atoms with Crippen LogP contribution in [0, 0.1) is 17.6 Å². The lowest BCUT2D eigenvalue weighted by atomic mass is 9.82. The Morgan fingerprint density at radius 1 is 1.18 bits per heavy atom. The number of carbonyl (C=O) groups excluding carboxylic acids is 1. The Morgan fingerprint density at radius 2 is 1.82 bits per heavy atom. The van der Waals surface area contributed by atoms with Gasteiger partial charge in [0.05, 0.1) is 11.7 Å². The van der Waals surface area contributed by atoms with Crippen LogP contribution in [0.2, 0.25) is 0 Å². The van der Waals surface area contributed by atoms with Crippen LogP contribution >= 0.6 is 0 Å². The van der Waals surface area contributed by atoms with Crippen LogP contribution in [0.1, 0.15) is 36.0 Å². The summed E-state index contributed by atoms with van der Waals surface area (Å²) in [6.07, 6.45) is 1.81. The molecule has 0 spiro atoms. The molecule has 0 amide bonds. The second-order valence-electron chi connectivity index (χ2n) is 4.49. The number of ketones is 1. The molecule has 1 saturated carbocycles. The van der Waals surface area contributed by atoms with Gasteiger partial charge in [-0.25, -0.2) is 8.78 Å². The van der Waals surface area contributed by atoms with E-state index >= 15 is 0 Å². The van der Waals surface area contributed by atoms with Crippen molar-refractivity contribution in [2.24, 2.45) is 5.92 Å². The zero-order valence-corrected chi connectivity index (χ0v) is 9.33. The van der Waals surface area contributed by atoms with E-state index in [1.165, 1.54) is 0 Å². The van der Waals surface area contributed by atoms with Gasteiger partial charge in [0, 0.05) is 5.92 Å². The predicted molar refractivity (Wildman–Crippen MR) is 58.7 cm³/mol. The molecule has 0 saturated heterocycles. The summed E-state index contributed by atoms with van der Waals surface area (Å²) in [4.78, 5) is 12.0. The van der Waals surface area contributed by atoms with E-state index in [0.717, 1.165) is 18.2 Å². The van der Waals surface area contributed by atoms with Gasteiger partial charge in [-0.15, -0.1) is 0 Å². The Hall–Kier alpha value is -1.29. The topological polar surface area (TPSA) is 37.3 Å². The SMILES string of the molecule is O=C(c1cc(F)ccc1F)C1CCC(O)CC1. The van der Waals surface area contributed by atoms with Crippen molar-refractivity contribution in [2.45, 2.75) is 31.8 Å². The van der Waals surface area contributed by atoms with Gasteiger partial charge >= 0.3 is 0 Å². The van der Waals surface area contributed by atoms with Crippen molar-refractivity contribution in [2.75, 3.05) is 0 Å². The maximum absolute atomic E-state index is 13.4. The molecule has 2 rings (SSSR count). The molecule has 4 heteroatoms. The summed E-state index contributed by atoms with van der Waals surface area (Å²) in [7, 11) is 0. The summed E-state index contributed by atoms with van der Waals surface area (Å²) in [6, 6.07) is 2.92. The Morgan fingerprint density at radius 3 is 2.47 bits per heavy atom. The van der Waals surface area contributed by atoms with Gasteiger partial charge in [-0.05, 0) is 43.9 Å². The third kappa shape index (κ3) is 2.69. The molecular weight excluding hydrogens is 226 g/mol. The van der Waals surface area contributed by atoms with Crippen molar-refractivity contribution in [1.82, 2.24) is 0 Å². The molecular formula is C13H14F2O2. The van der Waals surface area contributed by atoms with Crippen molar-refractivity contribution in [3.63, 3.8) is 0 Å². The van der Waals surface area contributed by atoms with E-state index < -0.39 is 11.6 Å². The van der Waals surface area contributed by atoms with Crippen LogP contribution in [0.3, 0.4) is 0 Å². The highest BCUT2D eigenvalue weighted by molar-refractivity contribution is 5.98. The van der Waals surface area contributed by atoms with E-state index in [-0.39, 0.29) is 23.4 Å². The molecule has 0 unspecified atom stereocenters. The predicted octanol–water partition coefficient (Wildman–Crippen LogP) is 2.70. The number of aliphatic hydroxyl groups is 1. The van der Waals surface area contributed by atoms with Crippen LogP contribution in [-0.2, 0) is 0 Å². The summed E-state index contributed by atoms with van der Waals surface area (Å²) in [6.45, 7) is 0. The third-order valence-corrected chi connectivity index (χ3v) is 3.26. The van der Waals surface area contributed by atoms with Crippen LogP contribution < -0.4 is 0 Å². The van der Waals surface area contributed by atoms with E-state index in [4.69, 9.17) is 0 Å². The first-order valence-corrected chi connectivity index (χ1v) is 5.75. The summed E-state index contributed by atoms with van der Waals surface area (Å²) in [5.74, 6) is -1.93. The molecule has 0 atom stereocenters. The zero-order valence-electron chi connectivity index (χ0n) is 9.33. The number of hydrogen-bond acceptors (Lipinski definition) is 2. The average Bonchev–Trinajstić information content (AvgIpc) is 2.32. The summed E-state index contributed by atoms with van der Waals surface area (Å²) in [5.41, 5.74) is -0.175. The molecule has 0 bridgehead atoms. The second kappa shape index (κ2) is 4.92. The molecule has 1 fully saturated rings. The van der Waals surface area contributed by atoms with Gasteiger partial charge in [-0.3, -0.25) is 4.79 Å². The highest BCUT2D eigenvalue weighted by Gasteiger charge is 2.27. The van der Waals surface area contributed by atoms with Crippen molar-refractivity contribution in [3.05, 3.63) is 35.4 Å². The Balaban J connectivity index is 2.16. The number of carbonyl (C=O) groups is 1. The standard InChI is InChI=1S/C13H14F2O2/c14-9-3-6-12(15)11(7-9)13(17)8-1-4-10(16)5-2-8/h3,6-8,10,16H,1-2,4-5H2. The Labute approximate surface area is 98.3 Å². The van der Waals surface area contributed by atoms with Gasteiger partial charge in [0.25, 0.3) is 0 Å². The largest absolute Gasteiger partial charge is 0.393 e. The van der Waals surface area contributed by atoms with E-state index in [2.05, 4.69) is 0 Å². The van der Waals surface area contributed by atoms with Crippen LogP contribution in [0.25, 0.3) is 0 Å². The van der Waals surface area contributed by atoms with E-state index in [1.54, 1.807) is 0 Å². The number of aliphatic hydroxyl groups excluding tert-OH is 1. The van der Waals surface area contributed by atoms with Gasteiger partial charge in [0.1, 0.15) is 11.6 Å². The van der Waals surface area contributed by atoms with Crippen LogP contribution in [0.4, 0.5) is 8.78 Å². The molecule has 92 valence electrons. The number of hydrogen-bond donors (Lipinski definition) is 1. The van der Waals surface area contributed by atoms with Crippen molar-refractivity contribution >= 4 is 5.78 Å². The van der Waals surface area contributed by atoms with E-state index in [9.17, 15) is 18.7 Å². The molecule has 0 heterocycles. The number of rotatable bonds is 2. The van der Waals surface area contributed by atoms with Crippen LogP contribution in [0.5, 0.6) is 0 Å². The van der Waals surface area contributed by atoms with Crippen LogP contribution in [0.15, 0.2) is 18.2 Å². The second-order valence-corrected chi connectivity index (χ2v) is 4.49. The minimum absolute atomic E-state index is 0.175. The Bertz CT molecular complexity index is 423. The molecule has 2 nitrogen and oxygen atoms in total. The molecule has 0 aliphatic heterocycles. The summed E-state index contributed by atoms with van der Waals surface area (Å²) >= 11 is 0. The van der Waals surface area contributed by atoms with Crippen molar-refractivity contribution < 1.29 is 18.7 Å². The molecule has 1 N–H and O–H groups in total. The first kappa shape index (κ1) is 12.2.